The van der Waals surface area contributed by atoms with Crippen molar-refractivity contribution in [2.75, 3.05) is 0 Å². The molecule has 10 aromatic rings. The number of nitrogens with zero attached hydrogens (tertiary/aromatic N) is 2. The molecule has 0 atom stereocenters. The summed E-state index contributed by atoms with van der Waals surface area (Å²) in [7, 11) is 0. The molecule has 2 aliphatic heterocycles. The topological polar surface area (TPSA) is 9.86 Å². The average Bonchev–Trinajstić information content (AvgIpc) is 3.66. The van der Waals surface area contributed by atoms with Crippen LogP contribution in [0.15, 0.2) is 146 Å². The summed E-state index contributed by atoms with van der Waals surface area (Å²) in [6.45, 7) is 4.67. The number of rotatable bonds is 2. The van der Waals surface area contributed by atoms with E-state index in [1.807, 2.05) is 0 Å². The maximum absolute atomic E-state index is 2.60. The van der Waals surface area contributed by atoms with Gasteiger partial charge in [-0.15, -0.1) is 0 Å². The standard InChI is InChI=1S/C47H31BN2/c1-27(2)28-17-19-29(20-18-28)34-25-43-45-44(26-34)50-42-24-33-12-6-4-10-31(33)22-38(42)36-14-8-16-40(47(36)50)48(45)39-15-7-13-35-37-21-30-9-3-5-11-32(30)23-41(37)49(43)46(35)39/h3-27H,1-2H3. The van der Waals surface area contributed by atoms with E-state index < -0.39 is 0 Å². The minimum Gasteiger partial charge on any atom is -0.310 e. The molecular weight excluding hydrogens is 603 g/mol. The van der Waals surface area contributed by atoms with Gasteiger partial charge in [0, 0.05) is 44.0 Å². The highest BCUT2D eigenvalue weighted by Crippen LogP contribution is 2.42. The number of benzene rings is 8. The van der Waals surface area contributed by atoms with Crippen molar-refractivity contribution in [1.82, 2.24) is 9.13 Å². The first-order chi connectivity index (χ1) is 24.6. The van der Waals surface area contributed by atoms with Crippen LogP contribution < -0.4 is 16.4 Å². The van der Waals surface area contributed by atoms with Crippen LogP contribution in [0.1, 0.15) is 25.3 Å². The van der Waals surface area contributed by atoms with Crippen molar-refractivity contribution in [2.24, 2.45) is 0 Å². The minimum absolute atomic E-state index is 0.127. The lowest BCUT2D eigenvalue weighted by molar-refractivity contribution is 0.867. The first-order valence-corrected chi connectivity index (χ1v) is 17.8. The monoisotopic (exact) mass is 634 g/mol. The van der Waals surface area contributed by atoms with Gasteiger partial charge in [-0.05, 0) is 96.9 Å². The fourth-order valence-corrected chi connectivity index (χ4v) is 9.52. The molecule has 0 unspecified atom stereocenters. The van der Waals surface area contributed by atoms with E-state index in [9.17, 15) is 0 Å². The Bertz CT molecular complexity index is 2940. The van der Waals surface area contributed by atoms with E-state index in [0.717, 1.165) is 0 Å². The Hall–Kier alpha value is -6.06. The summed E-state index contributed by atoms with van der Waals surface area (Å²) in [5.74, 6) is 0.492. The largest absolute Gasteiger partial charge is 0.310 e. The maximum atomic E-state index is 2.60. The van der Waals surface area contributed by atoms with Crippen LogP contribution in [0.5, 0.6) is 0 Å². The summed E-state index contributed by atoms with van der Waals surface area (Å²) in [5, 5.41) is 10.4. The van der Waals surface area contributed by atoms with Crippen LogP contribution in [-0.2, 0) is 0 Å². The van der Waals surface area contributed by atoms with Crippen molar-refractivity contribution in [3.05, 3.63) is 151 Å². The Morgan fingerprint density at radius 2 is 0.920 bits per heavy atom. The summed E-state index contributed by atoms with van der Waals surface area (Å²) in [4.78, 5) is 0. The highest BCUT2D eigenvalue weighted by molar-refractivity contribution is 7.00. The lowest BCUT2D eigenvalue weighted by atomic mass is 9.34. The second kappa shape index (κ2) is 9.34. The van der Waals surface area contributed by atoms with Crippen molar-refractivity contribution in [2.45, 2.75) is 19.8 Å². The molecule has 0 spiro atoms. The van der Waals surface area contributed by atoms with Crippen LogP contribution >= 0.6 is 0 Å². The molecule has 0 bridgehead atoms. The van der Waals surface area contributed by atoms with Crippen LogP contribution in [-0.4, -0.2) is 15.8 Å². The average molecular weight is 635 g/mol. The maximum Gasteiger partial charge on any atom is 0.252 e. The minimum atomic E-state index is 0.127. The first kappa shape index (κ1) is 26.8. The molecule has 0 N–H and O–H groups in total. The molecule has 2 nitrogen and oxygen atoms in total. The van der Waals surface area contributed by atoms with Crippen LogP contribution in [0.25, 0.3) is 87.7 Å². The molecule has 4 heterocycles. The van der Waals surface area contributed by atoms with E-state index in [1.54, 1.807) is 0 Å². The number of hydrogen-bond acceptors (Lipinski definition) is 0. The van der Waals surface area contributed by atoms with Gasteiger partial charge < -0.3 is 9.13 Å². The molecule has 0 saturated heterocycles. The summed E-state index contributed by atoms with van der Waals surface area (Å²) in [6, 6.07) is 55.4. The highest BCUT2D eigenvalue weighted by Gasteiger charge is 2.41. The number of para-hydroxylation sites is 2. The van der Waals surface area contributed by atoms with Crippen molar-refractivity contribution in [3.63, 3.8) is 0 Å². The third-order valence-corrected chi connectivity index (χ3v) is 11.8. The van der Waals surface area contributed by atoms with Gasteiger partial charge in [0.05, 0.1) is 11.0 Å². The fourth-order valence-electron chi connectivity index (χ4n) is 9.52. The van der Waals surface area contributed by atoms with E-state index in [4.69, 9.17) is 0 Å². The zero-order valence-electron chi connectivity index (χ0n) is 27.9. The van der Waals surface area contributed by atoms with Gasteiger partial charge in [0.1, 0.15) is 0 Å². The summed E-state index contributed by atoms with van der Waals surface area (Å²) < 4.78 is 5.19. The Balaban J connectivity index is 1.29. The molecule has 0 fully saturated rings. The Morgan fingerprint density at radius 3 is 1.40 bits per heavy atom. The fraction of sp³-hybridized carbons (Fsp3) is 0.0638. The van der Waals surface area contributed by atoms with E-state index in [1.165, 1.54) is 110 Å². The van der Waals surface area contributed by atoms with Crippen molar-refractivity contribution >= 4 is 88.3 Å². The Labute approximate surface area is 289 Å². The lowest BCUT2D eigenvalue weighted by Gasteiger charge is -2.34. The predicted molar refractivity (Wildman–Crippen MR) is 214 cm³/mol. The Morgan fingerprint density at radius 1 is 0.440 bits per heavy atom. The zero-order valence-corrected chi connectivity index (χ0v) is 27.9. The van der Waals surface area contributed by atoms with Gasteiger partial charge in [0.25, 0.3) is 6.71 Å². The van der Waals surface area contributed by atoms with E-state index >= 15 is 0 Å². The van der Waals surface area contributed by atoms with E-state index in [0.29, 0.717) is 5.92 Å². The number of aromatic nitrogens is 2. The number of fused-ring (bicyclic) bond motifs is 12. The number of hydrogen-bond donors (Lipinski definition) is 0. The molecule has 0 radical (unpaired) electrons. The van der Waals surface area contributed by atoms with Crippen molar-refractivity contribution < 1.29 is 0 Å². The highest BCUT2D eigenvalue weighted by atomic mass is 15.0. The molecule has 2 aliphatic rings. The molecule has 2 aromatic heterocycles. The first-order valence-electron chi connectivity index (χ1n) is 17.8. The van der Waals surface area contributed by atoms with Crippen LogP contribution in [0.4, 0.5) is 0 Å². The summed E-state index contributed by atoms with van der Waals surface area (Å²) in [6.07, 6.45) is 0. The molecule has 0 amide bonds. The molecule has 0 aliphatic carbocycles. The SMILES string of the molecule is CC(C)c1ccc(-c2cc3c4c(c2)-n2c5cc6ccccc6cc5c5cccc(c52)B4c2cccc4c5cc6ccccc6cc5n-3c24)cc1. The second-order valence-corrected chi connectivity index (χ2v) is 14.7. The van der Waals surface area contributed by atoms with E-state index in [-0.39, 0.29) is 6.71 Å². The Kier molecular flexibility index (Phi) is 5.01. The molecule has 50 heavy (non-hydrogen) atoms. The van der Waals surface area contributed by atoms with Crippen LogP contribution in [0.2, 0.25) is 0 Å². The molecule has 3 heteroatoms. The smallest absolute Gasteiger partial charge is 0.252 e. The third-order valence-electron chi connectivity index (χ3n) is 11.8. The third kappa shape index (κ3) is 3.30. The summed E-state index contributed by atoms with van der Waals surface area (Å²) in [5.41, 5.74) is 15.8. The zero-order chi connectivity index (χ0) is 32.8. The van der Waals surface area contributed by atoms with Gasteiger partial charge >= 0.3 is 0 Å². The van der Waals surface area contributed by atoms with Crippen molar-refractivity contribution in [3.8, 4) is 22.5 Å². The van der Waals surface area contributed by atoms with Gasteiger partial charge in [-0.1, -0.05) is 123 Å². The second-order valence-electron chi connectivity index (χ2n) is 14.7. The molecular formula is C47H31BN2. The normalized spacial score (nSPS) is 13.1. The van der Waals surface area contributed by atoms with Crippen LogP contribution in [0.3, 0.4) is 0 Å². The van der Waals surface area contributed by atoms with E-state index in [2.05, 4.69) is 169 Å². The molecule has 232 valence electrons. The van der Waals surface area contributed by atoms with Gasteiger partial charge in [-0.2, -0.15) is 0 Å². The quantitative estimate of drug-likeness (QED) is 0.168. The van der Waals surface area contributed by atoms with Gasteiger partial charge in [-0.3, -0.25) is 0 Å². The van der Waals surface area contributed by atoms with Crippen molar-refractivity contribution in [1.29, 1.82) is 0 Å². The van der Waals surface area contributed by atoms with Gasteiger partial charge in [-0.25, -0.2) is 0 Å². The van der Waals surface area contributed by atoms with Gasteiger partial charge in [0.15, 0.2) is 0 Å². The van der Waals surface area contributed by atoms with Gasteiger partial charge in [0.2, 0.25) is 0 Å². The predicted octanol–water partition coefficient (Wildman–Crippen LogP) is 10.1. The lowest BCUT2D eigenvalue weighted by Crippen LogP contribution is -2.59. The molecule has 8 aromatic carbocycles. The molecule has 12 rings (SSSR count). The molecule has 0 saturated carbocycles. The van der Waals surface area contributed by atoms with Crippen LogP contribution in [0, 0.1) is 0 Å². The summed E-state index contributed by atoms with van der Waals surface area (Å²) >= 11 is 0.